The first kappa shape index (κ1) is 14.2. The molecule has 0 unspecified atom stereocenters. The van der Waals surface area contributed by atoms with Gasteiger partial charge in [0.2, 0.25) is 5.13 Å². The van der Waals surface area contributed by atoms with E-state index in [4.69, 9.17) is 9.84 Å². The molecule has 2 aromatic carbocycles. The number of fused-ring (bicyclic) bond motifs is 1. The Morgan fingerprint density at radius 2 is 2.18 bits per heavy atom. The number of aromatic nitrogens is 1. The maximum atomic E-state index is 10.9. The zero-order valence-corrected chi connectivity index (χ0v) is 12.5. The smallest absolute Gasteiger partial charge is 0.335 e. The van der Waals surface area contributed by atoms with Crippen molar-refractivity contribution in [3.63, 3.8) is 0 Å². The first-order chi connectivity index (χ1) is 10.7. The lowest BCUT2D eigenvalue weighted by Crippen LogP contribution is -1.96. The fraction of sp³-hybridized carbons (Fsp3) is 0.0625. The molecule has 0 fully saturated rings. The number of thiazole rings is 1. The van der Waals surface area contributed by atoms with Crippen LogP contribution in [0.15, 0.2) is 47.5 Å². The number of nitrogens with zero attached hydrogens (tertiary/aromatic N) is 2. The van der Waals surface area contributed by atoms with Crippen LogP contribution in [-0.2, 0) is 0 Å². The Labute approximate surface area is 130 Å². The van der Waals surface area contributed by atoms with E-state index >= 15 is 0 Å². The van der Waals surface area contributed by atoms with E-state index in [1.54, 1.807) is 37.6 Å². The molecule has 1 heterocycles. The molecule has 6 heteroatoms. The van der Waals surface area contributed by atoms with E-state index in [1.807, 2.05) is 18.2 Å². The van der Waals surface area contributed by atoms with Gasteiger partial charge in [-0.3, -0.25) is 0 Å². The summed E-state index contributed by atoms with van der Waals surface area (Å²) in [6.07, 6.45) is 1.61. The summed E-state index contributed by atoms with van der Waals surface area (Å²) in [5.74, 6) is -0.178. The summed E-state index contributed by atoms with van der Waals surface area (Å²) >= 11 is 1.45. The first-order valence-corrected chi connectivity index (χ1v) is 7.29. The van der Waals surface area contributed by atoms with Crippen molar-refractivity contribution in [2.75, 3.05) is 7.11 Å². The minimum atomic E-state index is -0.956. The van der Waals surface area contributed by atoms with Gasteiger partial charge in [0, 0.05) is 6.21 Å². The van der Waals surface area contributed by atoms with Crippen molar-refractivity contribution in [1.82, 2.24) is 4.98 Å². The molecule has 22 heavy (non-hydrogen) atoms. The van der Waals surface area contributed by atoms with Gasteiger partial charge in [-0.2, -0.15) is 0 Å². The van der Waals surface area contributed by atoms with Gasteiger partial charge in [0.15, 0.2) is 0 Å². The number of hydrogen-bond acceptors (Lipinski definition) is 5. The molecule has 0 saturated carbocycles. The molecule has 110 valence electrons. The molecular weight excluding hydrogens is 300 g/mol. The lowest BCUT2D eigenvalue weighted by atomic mass is 10.1. The van der Waals surface area contributed by atoms with Gasteiger partial charge in [-0.05, 0) is 35.9 Å². The average molecular weight is 312 g/mol. The lowest BCUT2D eigenvalue weighted by Gasteiger charge is -1.96. The van der Waals surface area contributed by atoms with E-state index in [1.165, 1.54) is 11.3 Å². The van der Waals surface area contributed by atoms with Crippen molar-refractivity contribution < 1.29 is 14.6 Å². The maximum absolute atomic E-state index is 10.9. The van der Waals surface area contributed by atoms with Crippen molar-refractivity contribution in [3.05, 3.63) is 53.6 Å². The number of benzene rings is 2. The van der Waals surface area contributed by atoms with Gasteiger partial charge in [0.25, 0.3) is 0 Å². The van der Waals surface area contributed by atoms with Crippen LogP contribution in [0, 0.1) is 0 Å². The molecule has 5 nitrogen and oxygen atoms in total. The molecule has 1 aromatic heterocycles. The highest BCUT2D eigenvalue weighted by Gasteiger charge is 2.04. The van der Waals surface area contributed by atoms with Crippen LogP contribution < -0.4 is 4.74 Å². The van der Waals surface area contributed by atoms with Crippen LogP contribution in [0.3, 0.4) is 0 Å². The van der Waals surface area contributed by atoms with Gasteiger partial charge in [-0.25, -0.2) is 14.8 Å². The number of carboxylic acids is 1. The predicted molar refractivity (Wildman–Crippen MR) is 86.8 cm³/mol. The number of carboxylic acid groups (broad SMARTS) is 1. The predicted octanol–water partition coefficient (Wildman–Crippen LogP) is 3.75. The first-order valence-electron chi connectivity index (χ1n) is 6.48. The molecule has 1 N–H and O–H groups in total. The van der Waals surface area contributed by atoms with Crippen LogP contribution in [-0.4, -0.2) is 29.4 Å². The second kappa shape index (κ2) is 5.95. The largest absolute Gasteiger partial charge is 0.497 e. The van der Waals surface area contributed by atoms with Gasteiger partial charge < -0.3 is 9.84 Å². The lowest BCUT2D eigenvalue weighted by molar-refractivity contribution is 0.0697. The van der Waals surface area contributed by atoms with Crippen LogP contribution in [0.2, 0.25) is 0 Å². The summed E-state index contributed by atoms with van der Waals surface area (Å²) in [6.45, 7) is 0. The second-order valence-corrected chi connectivity index (χ2v) is 5.53. The monoisotopic (exact) mass is 312 g/mol. The standard InChI is InChI=1S/C16H12N2O3S/c1-21-12-5-6-13-14(8-12)22-16(18-13)17-9-10-3-2-4-11(7-10)15(19)20/h2-9H,1H3,(H,19,20)/b17-9-. The van der Waals surface area contributed by atoms with E-state index in [-0.39, 0.29) is 5.56 Å². The Balaban J connectivity index is 1.89. The minimum Gasteiger partial charge on any atom is -0.497 e. The molecule has 0 atom stereocenters. The van der Waals surface area contributed by atoms with E-state index in [0.29, 0.717) is 5.13 Å². The summed E-state index contributed by atoms with van der Waals surface area (Å²) in [7, 11) is 1.62. The molecule has 0 saturated heterocycles. The molecule has 0 bridgehead atoms. The third-order valence-electron chi connectivity index (χ3n) is 3.04. The molecule has 0 aliphatic carbocycles. The zero-order valence-electron chi connectivity index (χ0n) is 11.7. The highest BCUT2D eigenvalue weighted by molar-refractivity contribution is 7.22. The number of hydrogen-bond donors (Lipinski definition) is 1. The Morgan fingerprint density at radius 1 is 1.32 bits per heavy atom. The molecule has 0 spiro atoms. The van der Waals surface area contributed by atoms with Crippen LogP contribution in [0.4, 0.5) is 5.13 Å². The highest BCUT2D eigenvalue weighted by atomic mass is 32.1. The number of aromatic carboxylic acids is 1. The van der Waals surface area contributed by atoms with Gasteiger partial charge >= 0.3 is 5.97 Å². The van der Waals surface area contributed by atoms with Crippen molar-refractivity contribution in [2.45, 2.75) is 0 Å². The maximum Gasteiger partial charge on any atom is 0.335 e. The Hall–Kier alpha value is -2.73. The normalized spacial score (nSPS) is 11.1. The summed E-state index contributed by atoms with van der Waals surface area (Å²) in [5.41, 5.74) is 1.81. The average Bonchev–Trinajstić information content (AvgIpc) is 2.95. The summed E-state index contributed by atoms with van der Waals surface area (Å²) < 4.78 is 6.17. The SMILES string of the molecule is COc1ccc2nc(/N=C\c3cccc(C(=O)O)c3)sc2c1. The van der Waals surface area contributed by atoms with Crippen molar-refractivity contribution >= 4 is 38.9 Å². The molecule has 0 aliphatic rings. The van der Waals surface area contributed by atoms with E-state index in [2.05, 4.69) is 9.98 Å². The number of methoxy groups -OCH3 is 1. The molecule has 0 amide bonds. The Bertz CT molecular complexity index is 871. The van der Waals surface area contributed by atoms with Crippen LogP contribution in [0.5, 0.6) is 5.75 Å². The van der Waals surface area contributed by atoms with Gasteiger partial charge in [0.05, 0.1) is 22.9 Å². The molecule has 0 radical (unpaired) electrons. The summed E-state index contributed by atoms with van der Waals surface area (Å²) in [4.78, 5) is 19.7. The third-order valence-corrected chi connectivity index (χ3v) is 3.97. The van der Waals surface area contributed by atoms with Crippen LogP contribution in [0.1, 0.15) is 15.9 Å². The summed E-state index contributed by atoms with van der Waals surface area (Å²) in [5, 5.41) is 9.59. The van der Waals surface area contributed by atoms with Crippen molar-refractivity contribution in [2.24, 2.45) is 4.99 Å². The topological polar surface area (TPSA) is 71.8 Å². The van der Waals surface area contributed by atoms with Crippen molar-refractivity contribution in [3.8, 4) is 5.75 Å². The van der Waals surface area contributed by atoms with E-state index < -0.39 is 5.97 Å². The van der Waals surface area contributed by atoms with Gasteiger partial charge in [-0.15, -0.1) is 0 Å². The number of rotatable bonds is 4. The quantitative estimate of drug-likeness (QED) is 0.745. The van der Waals surface area contributed by atoms with E-state index in [0.717, 1.165) is 21.5 Å². The van der Waals surface area contributed by atoms with Crippen LogP contribution >= 0.6 is 11.3 Å². The summed E-state index contributed by atoms with van der Waals surface area (Å²) in [6, 6.07) is 12.3. The highest BCUT2D eigenvalue weighted by Crippen LogP contribution is 2.30. The number of ether oxygens (including phenoxy) is 1. The molecule has 3 rings (SSSR count). The minimum absolute atomic E-state index is 0.234. The fourth-order valence-electron chi connectivity index (χ4n) is 1.96. The number of aliphatic imine (C=N–C) groups is 1. The second-order valence-electron chi connectivity index (χ2n) is 4.52. The zero-order chi connectivity index (χ0) is 15.5. The fourth-order valence-corrected chi connectivity index (χ4v) is 2.80. The van der Waals surface area contributed by atoms with Gasteiger partial charge in [0.1, 0.15) is 5.75 Å². The Kier molecular flexibility index (Phi) is 3.84. The van der Waals surface area contributed by atoms with Crippen LogP contribution in [0.25, 0.3) is 10.2 Å². The molecule has 0 aliphatic heterocycles. The molecular formula is C16H12N2O3S. The number of carbonyl (C=O) groups is 1. The van der Waals surface area contributed by atoms with Gasteiger partial charge in [-0.1, -0.05) is 23.5 Å². The Morgan fingerprint density at radius 3 is 2.95 bits per heavy atom. The third kappa shape index (κ3) is 2.96. The van der Waals surface area contributed by atoms with E-state index in [9.17, 15) is 4.79 Å². The molecule has 3 aromatic rings. The van der Waals surface area contributed by atoms with Crippen molar-refractivity contribution in [1.29, 1.82) is 0 Å².